The number of hydrogen-bond donors (Lipinski definition) is 2. The lowest BCUT2D eigenvalue weighted by molar-refractivity contribution is 0.614. The van der Waals surface area contributed by atoms with E-state index in [0.717, 1.165) is 29.7 Å². The lowest BCUT2D eigenvalue weighted by Gasteiger charge is -2.12. The summed E-state index contributed by atoms with van der Waals surface area (Å²) in [5.74, 6) is 1.45. The Morgan fingerprint density at radius 3 is 3.00 bits per heavy atom. The minimum Gasteiger partial charge on any atom is -0.357 e. The van der Waals surface area contributed by atoms with Gasteiger partial charge in [-0.3, -0.25) is 4.40 Å². The summed E-state index contributed by atoms with van der Waals surface area (Å²) >= 11 is 1.64. The van der Waals surface area contributed by atoms with Crippen LogP contribution in [-0.4, -0.2) is 28.4 Å². The van der Waals surface area contributed by atoms with E-state index in [-0.39, 0.29) is 0 Å². The zero-order valence-electron chi connectivity index (χ0n) is 11.7. The van der Waals surface area contributed by atoms with E-state index in [0.29, 0.717) is 12.5 Å². The Bertz CT molecular complexity index is 511. The van der Waals surface area contributed by atoms with Crippen molar-refractivity contribution < 1.29 is 0 Å². The summed E-state index contributed by atoms with van der Waals surface area (Å²) in [6, 6.07) is 0. The monoisotopic (exact) mass is 279 g/mol. The van der Waals surface area contributed by atoms with Gasteiger partial charge in [-0.2, -0.15) is 0 Å². The molecular formula is C13H21N5S. The van der Waals surface area contributed by atoms with Gasteiger partial charge < -0.3 is 10.6 Å². The first-order valence-electron chi connectivity index (χ1n) is 6.62. The average Bonchev–Trinajstić information content (AvgIpc) is 2.93. The van der Waals surface area contributed by atoms with Crippen molar-refractivity contribution in [3.05, 3.63) is 23.5 Å². The van der Waals surface area contributed by atoms with Crippen molar-refractivity contribution in [2.75, 3.05) is 13.1 Å². The number of nitrogens with one attached hydrogen (secondary N) is 2. The normalized spacial score (nSPS) is 12.3. The molecule has 0 spiro atoms. The van der Waals surface area contributed by atoms with Gasteiger partial charge in [0.05, 0.1) is 12.2 Å². The molecule has 0 fully saturated rings. The van der Waals surface area contributed by atoms with Crippen LogP contribution >= 0.6 is 11.3 Å². The third kappa shape index (κ3) is 3.96. The lowest BCUT2D eigenvalue weighted by Crippen LogP contribution is -2.39. The van der Waals surface area contributed by atoms with Crippen LogP contribution in [0, 0.1) is 5.92 Å². The predicted molar refractivity (Wildman–Crippen MR) is 80.7 cm³/mol. The largest absolute Gasteiger partial charge is 0.357 e. The van der Waals surface area contributed by atoms with Crippen molar-refractivity contribution in [2.45, 2.75) is 27.3 Å². The summed E-state index contributed by atoms with van der Waals surface area (Å²) in [4.78, 5) is 10.1. The van der Waals surface area contributed by atoms with Crippen molar-refractivity contribution in [1.82, 2.24) is 20.0 Å². The van der Waals surface area contributed by atoms with Crippen LogP contribution in [0.3, 0.4) is 0 Å². The van der Waals surface area contributed by atoms with Crippen LogP contribution in [-0.2, 0) is 6.54 Å². The van der Waals surface area contributed by atoms with Gasteiger partial charge in [0, 0.05) is 30.9 Å². The molecule has 0 radical (unpaired) electrons. The van der Waals surface area contributed by atoms with Gasteiger partial charge in [0.15, 0.2) is 10.9 Å². The van der Waals surface area contributed by atoms with E-state index in [1.54, 1.807) is 11.3 Å². The van der Waals surface area contributed by atoms with E-state index in [4.69, 9.17) is 0 Å². The molecule has 0 amide bonds. The zero-order valence-corrected chi connectivity index (χ0v) is 12.5. The Morgan fingerprint density at radius 2 is 2.32 bits per heavy atom. The summed E-state index contributed by atoms with van der Waals surface area (Å²) in [6.07, 6.45) is 4.05. The van der Waals surface area contributed by atoms with E-state index in [1.807, 2.05) is 22.2 Å². The Labute approximate surface area is 117 Å². The molecule has 0 unspecified atom stereocenters. The van der Waals surface area contributed by atoms with E-state index in [2.05, 4.69) is 41.4 Å². The standard InChI is InChI=1S/C13H21N5S/c1-4-14-12(15-7-10(2)3)16-8-11-9-18-5-6-19-13(18)17-11/h5-6,9-10H,4,7-8H2,1-3H3,(H2,14,15,16). The number of guanidine groups is 1. The molecule has 0 saturated heterocycles. The fourth-order valence-corrected chi connectivity index (χ4v) is 2.37. The predicted octanol–water partition coefficient (Wildman–Crippen LogP) is 2.11. The van der Waals surface area contributed by atoms with Crippen LogP contribution < -0.4 is 10.6 Å². The topological polar surface area (TPSA) is 53.7 Å². The van der Waals surface area contributed by atoms with Crippen LogP contribution in [0.1, 0.15) is 26.5 Å². The summed E-state index contributed by atoms with van der Waals surface area (Å²) in [5, 5.41) is 8.60. The van der Waals surface area contributed by atoms with Crippen molar-refractivity contribution in [3.8, 4) is 0 Å². The molecule has 0 aliphatic heterocycles. The molecule has 0 aliphatic rings. The van der Waals surface area contributed by atoms with Gasteiger partial charge in [0.1, 0.15) is 0 Å². The van der Waals surface area contributed by atoms with Crippen LogP contribution in [0.25, 0.3) is 4.96 Å². The molecular weight excluding hydrogens is 258 g/mol. The number of hydrogen-bond acceptors (Lipinski definition) is 3. The summed E-state index contributed by atoms with van der Waals surface area (Å²) in [7, 11) is 0. The molecule has 2 N–H and O–H groups in total. The van der Waals surface area contributed by atoms with Gasteiger partial charge >= 0.3 is 0 Å². The zero-order chi connectivity index (χ0) is 13.7. The quantitative estimate of drug-likeness (QED) is 0.651. The van der Waals surface area contributed by atoms with Gasteiger partial charge in [0.2, 0.25) is 0 Å². The lowest BCUT2D eigenvalue weighted by atomic mass is 10.2. The Hall–Kier alpha value is -1.56. The van der Waals surface area contributed by atoms with Crippen molar-refractivity contribution in [3.63, 3.8) is 0 Å². The fraction of sp³-hybridized carbons (Fsp3) is 0.538. The molecule has 104 valence electrons. The minimum absolute atomic E-state index is 0.599. The molecule has 0 aromatic carbocycles. The molecule has 0 bridgehead atoms. The highest BCUT2D eigenvalue weighted by Crippen LogP contribution is 2.11. The molecule has 0 saturated carbocycles. The second kappa shape index (κ2) is 6.56. The number of imidazole rings is 1. The first-order valence-corrected chi connectivity index (χ1v) is 7.50. The molecule has 2 heterocycles. The molecule has 2 aromatic heterocycles. The highest BCUT2D eigenvalue weighted by Gasteiger charge is 2.03. The third-order valence-electron chi connectivity index (χ3n) is 2.56. The molecule has 19 heavy (non-hydrogen) atoms. The second-order valence-corrected chi connectivity index (χ2v) is 5.67. The molecule has 0 aliphatic carbocycles. The second-order valence-electron chi connectivity index (χ2n) is 4.80. The number of nitrogens with zero attached hydrogens (tertiary/aromatic N) is 3. The van der Waals surface area contributed by atoms with Gasteiger partial charge in [0.25, 0.3) is 0 Å². The number of rotatable bonds is 5. The molecule has 0 atom stereocenters. The Kier molecular flexibility index (Phi) is 4.79. The average molecular weight is 279 g/mol. The van der Waals surface area contributed by atoms with E-state index in [9.17, 15) is 0 Å². The third-order valence-corrected chi connectivity index (χ3v) is 3.34. The fourth-order valence-electron chi connectivity index (χ4n) is 1.65. The van der Waals surface area contributed by atoms with Crippen LogP contribution in [0.2, 0.25) is 0 Å². The smallest absolute Gasteiger partial charge is 0.193 e. The van der Waals surface area contributed by atoms with E-state index in [1.165, 1.54) is 0 Å². The van der Waals surface area contributed by atoms with Gasteiger partial charge in [-0.1, -0.05) is 13.8 Å². The van der Waals surface area contributed by atoms with Crippen molar-refractivity contribution in [1.29, 1.82) is 0 Å². The first-order chi connectivity index (χ1) is 9.19. The minimum atomic E-state index is 0.599. The Balaban J connectivity index is 1.98. The van der Waals surface area contributed by atoms with Crippen LogP contribution in [0.15, 0.2) is 22.8 Å². The maximum Gasteiger partial charge on any atom is 0.193 e. The van der Waals surface area contributed by atoms with Crippen LogP contribution in [0.4, 0.5) is 0 Å². The van der Waals surface area contributed by atoms with Crippen molar-refractivity contribution in [2.24, 2.45) is 10.9 Å². The van der Waals surface area contributed by atoms with Crippen molar-refractivity contribution >= 4 is 22.3 Å². The number of aliphatic imine (C=N–C) groups is 1. The maximum atomic E-state index is 4.55. The van der Waals surface area contributed by atoms with Gasteiger partial charge in [-0.05, 0) is 12.8 Å². The molecule has 5 nitrogen and oxygen atoms in total. The SMILES string of the molecule is CCNC(=NCc1cn2ccsc2n1)NCC(C)C. The van der Waals surface area contributed by atoms with E-state index < -0.39 is 0 Å². The number of fused-ring (bicyclic) bond motifs is 1. The maximum absolute atomic E-state index is 4.55. The van der Waals surface area contributed by atoms with E-state index >= 15 is 0 Å². The highest BCUT2D eigenvalue weighted by molar-refractivity contribution is 7.15. The number of thiazole rings is 1. The van der Waals surface area contributed by atoms with Crippen LogP contribution in [0.5, 0.6) is 0 Å². The highest BCUT2D eigenvalue weighted by atomic mass is 32.1. The molecule has 2 rings (SSSR count). The van der Waals surface area contributed by atoms with Gasteiger partial charge in [-0.25, -0.2) is 9.98 Å². The number of aromatic nitrogens is 2. The summed E-state index contributed by atoms with van der Waals surface area (Å²) in [6.45, 7) is 8.81. The first kappa shape index (κ1) is 13.9. The Morgan fingerprint density at radius 1 is 1.47 bits per heavy atom. The summed E-state index contributed by atoms with van der Waals surface area (Å²) in [5.41, 5.74) is 0.994. The molecule has 2 aromatic rings. The molecule has 6 heteroatoms. The summed E-state index contributed by atoms with van der Waals surface area (Å²) < 4.78 is 2.03. The van der Waals surface area contributed by atoms with Gasteiger partial charge in [-0.15, -0.1) is 11.3 Å².